The average molecular weight is 251 g/mol. The number of aromatic amines is 1. The molecule has 6 nitrogen and oxygen atoms in total. The number of fused-ring (bicyclic) bond motifs is 1. The summed E-state index contributed by atoms with van der Waals surface area (Å²) in [5, 5.41) is 8.71. The Balaban J connectivity index is 2.81. The summed E-state index contributed by atoms with van der Waals surface area (Å²) in [4.78, 5) is 30.5. The van der Waals surface area contributed by atoms with E-state index in [1.807, 2.05) is 0 Å². The van der Waals surface area contributed by atoms with Crippen LogP contribution >= 0.6 is 0 Å². The van der Waals surface area contributed by atoms with Gasteiger partial charge in [-0.25, -0.2) is 14.2 Å². The number of anilines is 1. The van der Waals surface area contributed by atoms with Crippen molar-refractivity contribution in [3.8, 4) is 0 Å². The van der Waals surface area contributed by atoms with E-state index in [2.05, 4.69) is 9.97 Å². The zero-order chi connectivity index (χ0) is 13.4. The lowest BCUT2D eigenvalue weighted by atomic mass is 10.2. The number of carbonyl (C=O) groups is 1. The number of carboxylic acid groups (broad SMARTS) is 1. The first-order valence-corrected chi connectivity index (χ1v) is 5.04. The maximum Gasteiger partial charge on any atom is 0.341 e. The highest BCUT2D eigenvalue weighted by Gasteiger charge is 2.15. The minimum atomic E-state index is -1.37. The van der Waals surface area contributed by atoms with Gasteiger partial charge in [0.25, 0.3) is 0 Å². The van der Waals surface area contributed by atoms with Crippen LogP contribution in [0.3, 0.4) is 0 Å². The minimum Gasteiger partial charge on any atom is -0.477 e. The molecule has 0 bridgehead atoms. The number of aromatic nitrogens is 2. The van der Waals surface area contributed by atoms with Crippen LogP contribution < -0.4 is 10.3 Å². The van der Waals surface area contributed by atoms with E-state index in [4.69, 9.17) is 5.11 Å². The number of hydrogen-bond acceptors (Lipinski definition) is 4. The molecular weight excluding hydrogens is 241 g/mol. The molecule has 2 aromatic heterocycles. The van der Waals surface area contributed by atoms with Gasteiger partial charge in [-0.15, -0.1) is 0 Å². The largest absolute Gasteiger partial charge is 0.477 e. The van der Waals surface area contributed by atoms with Gasteiger partial charge in [0.1, 0.15) is 11.2 Å². The molecule has 0 aliphatic heterocycles. The third-order valence-electron chi connectivity index (χ3n) is 2.45. The van der Waals surface area contributed by atoms with Gasteiger partial charge in [-0.3, -0.25) is 4.79 Å². The molecule has 18 heavy (non-hydrogen) atoms. The Morgan fingerprint density at radius 1 is 1.50 bits per heavy atom. The fraction of sp³-hybridized carbons (Fsp3) is 0.182. The van der Waals surface area contributed by atoms with Gasteiger partial charge in [0.15, 0.2) is 11.6 Å². The van der Waals surface area contributed by atoms with Crippen molar-refractivity contribution in [2.75, 3.05) is 19.0 Å². The van der Waals surface area contributed by atoms with E-state index < -0.39 is 22.8 Å². The van der Waals surface area contributed by atoms with E-state index >= 15 is 0 Å². The molecule has 0 amide bonds. The fourth-order valence-electron chi connectivity index (χ4n) is 1.59. The van der Waals surface area contributed by atoms with Gasteiger partial charge in [-0.2, -0.15) is 0 Å². The summed E-state index contributed by atoms with van der Waals surface area (Å²) in [6, 6.07) is 0.989. The molecule has 0 unspecified atom stereocenters. The predicted octanol–water partition coefficient (Wildman–Crippen LogP) is 0.826. The number of pyridine rings is 2. The monoisotopic (exact) mass is 251 g/mol. The number of H-pyrrole nitrogens is 1. The Kier molecular flexibility index (Phi) is 2.74. The van der Waals surface area contributed by atoms with Crippen LogP contribution in [0, 0.1) is 5.82 Å². The molecule has 2 aromatic rings. The van der Waals surface area contributed by atoms with Crippen molar-refractivity contribution in [3.63, 3.8) is 0 Å². The summed E-state index contributed by atoms with van der Waals surface area (Å²) >= 11 is 0. The van der Waals surface area contributed by atoms with Gasteiger partial charge in [0.2, 0.25) is 5.43 Å². The third kappa shape index (κ3) is 1.79. The van der Waals surface area contributed by atoms with E-state index in [1.54, 1.807) is 14.1 Å². The smallest absolute Gasteiger partial charge is 0.341 e. The van der Waals surface area contributed by atoms with E-state index in [0.29, 0.717) is 0 Å². The molecule has 0 aromatic carbocycles. The maximum atomic E-state index is 13.7. The summed E-state index contributed by atoms with van der Waals surface area (Å²) in [7, 11) is 3.22. The second kappa shape index (κ2) is 4.10. The topological polar surface area (TPSA) is 86.3 Å². The number of rotatable bonds is 2. The van der Waals surface area contributed by atoms with Gasteiger partial charge >= 0.3 is 5.97 Å². The van der Waals surface area contributed by atoms with Gasteiger partial charge < -0.3 is 15.0 Å². The van der Waals surface area contributed by atoms with E-state index in [9.17, 15) is 14.0 Å². The molecule has 0 atom stereocenters. The van der Waals surface area contributed by atoms with Crippen molar-refractivity contribution < 1.29 is 14.3 Å². The number of hydrogen-bond donors (Lipinski definition) is 2. The SMILES string of the molecule is CN(C)c1nc2[nH]cc(C(=O)O)c(=O)c2cc1F. The van der Waals surface area contributed by atoms with E-state index in [1.165, 1.54) is 4.90 Å². The minimum absolute atomic E-state index is 0.0706. The molecule has 2 N–H and O–H groups in total. The summed E-state index contributed by atoms with van der Waals surface area (Å²) in [6.07, 6.45) is 1.05. The van der Waals surface area contributed by atoms with Gasteiger partial charge in [-0.1, -0.05) is 0 Å². The molecule has 0 saturated carbocycles. The van der Waals surface area contributed by atoms with Crippen molar-refractivity contribution in [2.24, 2.45) is 0 Å². The fourth-order valence-corrected chi connectivity index (χ4v) is 1.59. The van der Waals surface area contributed by atoms with Crippen molar-refractivity contribution in [1.82, 2.24) is 9.97 Å². The number of nitrogens with one attached hydrogen (secondary N) is 1. The number of carboxylic acids is 1. The Morgan fingerprint density at radius 2 is 2.17 bits per heavy atom. The first-order valence-electron chi connectivity index (χ1n) is 5.04. The van der Waals surface area contributed by atoms with E-state index in [-0.39, 0.29) is 16.9 Å². The van der Waals surface area contributed by atoms with Crippen LogP contribution in [-0.4, -0.2) is 35.1 Å². The highest BCUT2D eigenvalue weighted by Crippen LogP contribution is 2.17. The van der Waals surface area contributed by atoms with Crippen LogP contribution in [0.2, 0.25) is 0 Å². The maximum absolute atomic E-state index is 13.7. The highest BCUT2D eigenvalue weighted by molar-refractivity contribution is 5.91. The summed E-state index contributed by atoms with van der Waals surface area (Å²) in [6.45, 7) is 0. The lowest BCUT2D eigenvalue weighted by Crippen LogP contribution is -2.18. The lowest BCUT2D eigenvalue weighted by Gasteiger charge is -2.12. The van der Waals surface area contributed by atoms with Crippen LogP contribution in [0.1, 0.15) is 10.4 Å². The third-order valence-corrected chi connectivity index (χ3v) is 2.45. The van der Waals surface area contributed by atoms with Crippen LogP contribution in [0.25, 0.3) is 11.0 Å². The Bertz CT molecular complexity index is 694. The van der Waals surface area contributed by atoms with Crippen LogP contribution in [0.5, 0.6) is 0 Å². The van der Waals surface area contributed by atoms with Gasteiger partial charge in [0.05, 0.1) is 5.39 Å². The first kappa shape index (κ1) is 12.0. The molecule has 0 aliphatic rings. The van der Waals surface area contributed by atoms with Crippen LogP contribution in [-0.2, 0) is 0 Å². The van der Waals surface area contributed by atoms with Crippen molar-refractivity contribution in [1.29, 1.82) is 0 Å². The van der Waals surface area contributed by atoms with Crippen molar-refractivity contribution in [2.45, 2.75) is 0 Å². The molecule has 0 aliphatic carbocycles. The van der Waals surface area contributed by atoms with Crippen molar-refractivity contribution in [3.05, 3.63) is 33.9 Å². The Morgan fingerprint density at radius 3 is 2.72 bits per heavy atom. The molecule has 0 fully saturated rings. The summed E-state index contributed by atoms with van der Waals surface area (Å²) < 4.78 is 13.7. The number of halogens is 1. The second-order valence-corrected chi connectivity index (χ2v) is 3.92. The standard InChI is InChI=1S/C11H10FN3O3/c1-15(2)10-7(12)3-5-8(16)6(11(17)18)4-13-9(5)14-10/h3-4H,1-2H3,(H,17,18)(H,13,14,16). The van der Waals surface area contributed by atoms with Crippen molar-refractivity contribution >= 4 is 22.8 Å². The van der Waals surface area contributed by atoms with Crippen LogP contribution in [0.4, 0.5) is 10.2 Å². The highest BCUT2D eigenvalue weighted by atomic mass is 19.1. The lowest BCUT2D eigenvalue weighted by molar-refractivity contribution is 0.0695. The average Bonchev–Trinajstić information content (AvgIpc) is 2.28. The molecular formula is C11H10FN3O3. The second-order valence-electron chi connectivity index (χ2n) is 3.92. The molecule has 2 rings (SSSR count). The quantitative estimate of drug-likeness (QED) is 0.825. The molecule has 7 heteroatoms. The summed E-state index contributed by atoms with van der Waals surface area (Å²) in [5.41, 5.74) is -1.05. The molecule has 94 valence electrons. The Hall–Kier alpha value is -2.44. The predicted molar refractivity (Wildman–Crippen MR) is 63.6 cm³/mol. The molecule has 0 radical (unpaired) electrons. The van der Waals surface area contributed by atoms with Gasteiger partial charge in [-0.05, 0) is 6.07 Å². The van der Waals surface area contributed by atoms with E-state index in [0.717, 1.165) is 12.3 Å². The summed E-state index contributed by atoms with van der Waals surface area (Å²) in [5.74, 6) is -1.97. The van der Waals surface area contributed by atoms with Crippen LogP contribution in [0.15, 0.2) is 17.1 Å². The molecule has 0 saturated heterocycles. The normalized spacial score (nSPS) is 10.6. The number of nitrogens with zero attached hydrogens (tertiary/aromatic N) is 2. The first-order chi connectivity index (χ1) is 8.41. The zero-order valence-corrected chi connectivity index (χ0v) is 9.69. The number of aromatic carboxylic acids is 1. The Labute approximate surface area is 101 Å². The zero-order valence-electron chi connectivity index (χ0n) is 9.69. The molecule has 2 heterocycles. The molecule has 0 spiro atoms. The van der Waals surface area contributed by atoms with Gasteiger partial charge in [0, 0.05) is 20.3 Å².